The molecule has 0 fully saturated rings. The molecule has 6 nitrogen and oxygen atoms in total. The Balaban J connectivity index is 1.68. The smallest absolute Gasteiger partial charge is 0.251 e. The Morgan fingerprint density at radius 1 is 1.12 bits per heavy atom. The lowest BCUT2D eigenvalue weighted by atomic mass is 10.0. The first-order chi connectivity index (χ1) is 12.6. The molecule has 1 atom stereocenters. The van der Waals surface area contributed by atoms with E-state index in [0.717, 1.165) is 16.7 Å². The Hall–Kier alpha value is -2.99. The molecule has 0 aliphatic rings. The summed E-state index contributed by atoms with van der Waals surface area (Å²) in [6.07, 6.45) is 2.27. The second-order valence-electron chi connectivity index (χ2n) is 6.24. The highest BCUT2D eigenvalue weighted by molar-refractivity contribution is 5.94. The van der Waals surface area contributed by atoms with Crippen molar-refractivity contribution in [2.45, 2.75) is 19.4 Å². The summed E-state index contributed by atoms with van der Waals surface area (Å²) in [5.41, 5.74) is 3.81. The number of carbonyl (C=O) groups excluding carboxylic acids is 1. The molecule has 2 N–H and O–H groups in total. The number of hydrogen-bond acceptors (Lipinski definition) is 4. The number of aromatic nitrogens is 3. The molecule has 134 valence electrons. The molecule has 0 saturated heterocycles. The summed E-state index contributed by atoms with van der Waals surface area (Å²) in [5, 5.41) is 19.8. The van der Waals surface area contributed by atoms with Gasteiger partial charge in [0.1, 0.15) is 6.33 Å². The standard InChI is InChI=1S/C20H22N4O2/c1-14(19-23-21-13-24(19)2)22-20(26)18-9-7-17(8-10-18)16-5-3-15(4-6-16)11-12-25/h3-10,13-14,25H,11-12H2,1-2H3,(H,22,26)/t14-/m1/s1. The molecule has 0 aliphatic carbocycles. The van der Waals surface area contributed by atoms with Gasteiger partial charge in [-0.25, -0.2) is 0 Å². The van der Waals surface area contributed by atoms with E-state index in [0.29, 0.717) is 17.8 Å². The Labute approximate surface area is 152 Å². The molecule has 26 heavy (non-hydrogen) atoms. The van der Waals surface area contributed by atoms with E-state index >= 15 is 0 Å². The average Bonchev–Trinajstić information content (AvgIpc) is 3.09. The van der Waals surface area contributed by atoms with Crippen molar-refractivity contribution in [3.8, 4) is 11.1 Å². The van der Waals surface area contributed by atoms with Crippen molar-refractivity contribution in [1.29, 1.82) is 0 Å². The van der Waals surface area contributed by atoms with Gasteiger partial charge in [0.25, 0.3) is 5.91 Å². The van der Waals surface area contributed by atoms with Crippen molar-refractivity contribution in [2.24, 2.45) is 7.05 Å². The summed E-state index contributed by atoms with van der Waals surface area (Å²) < 4.78 is 1.79. The maximum absolute atomic E-state index is 12.4. The fraction of sp³-hybridized carbons (Fsp3) is 0.250. The Morgan fingerprint density at radius 3 is 2.27 bits per heavy atom. The number of carbonyl (C=O) groups is 1. The van der Waals surface area contributed by atoms with Crippen LogP contribution in [0.25, 0.3) is 11.1 Å². The zero-order valence-corrected chi connectivity index (χ0v) is 14.9. The largest absolute Gasteiger partial charge is 0.396 e. The highest BCUT2D eigenvalue weighted by atomic mass is 16.3. The summed E-state index contributed by atoms with van der Waals surface area (Å²) in [7, 11) is 1.85. The fourth-order valence-electron chi connectivity index (χ4n) is 2.84. The van der Waals surface area contributed by atoms with Crippen molar-refractivity contribution >= 4 is 5.91 Å². The van der Waals surface area contributed by atoms with Crippen LogP contribution in [-0.2, 0) is 13.5 Å². The van der Waals surface area contributed by atoms with Crippen LogP contribution in [0.4, 0.5) is 0 Å². The van der Waals surface area contributed by atoms with Gasteiger partial charge in [-0.05, 0) is 42.2 Å². The highest BCUT2D eigenvalue weighted by Crippen LogP contribution is 2.21. The van der Waals surface area contributed by atoms with Crippen molar-refractivity contribution in [2.75, 3.05) is 6.61 Å². The van der Waals surface area contributed by atoms with Gasteiger partial charge in [0.05, 0.1) is 6.04 Å². The molecule has 0 unspecified atom stereocenters. The topological polar surface area (TPSA) is 80.0 Å². The second-order valence-corrected chi connectivity index (χ2v) is 6.24. The molecule has 0 saturated carbocycles. The van der Waals surface area contributed by atoms with E-state index in [1.54, 1.807) is 10.9 Å². The molecular formula is C20H22N4O2. The normalized spacial score (nSPS) is 12.0. The first-order valence-corrected chi connectivity index (χ1v) is 8.53. The molecule has 1 heterocycles. The number of aliphatic hydroxyl groups excluding tert-OH is 1. The van der Waals surface area contributed by atoms with Crippen molar-refractivity contribution in [3.05, 3.63) is 71.8 Å². The molecule has 3 aromatic rings. The molecule has 1 amide bonds. The number of amides is 1. The van der Waals surface area contributed by atoms with Crippen LogP contribution in [0.1, 0.15) is 34.7 Å². The maximum Gasteiger partial charge on any atom is 0.251 e. The minimum atomic E-state index is -0.228. The average molecular weight is 350 g/mol. The first kappa shape index (κ1) is 17.8. The molecular weight excluding hydrogens is 328 g/mol. The number of nitrogens with zero attached hydrogens (tertiary/aromatic N) is 3. The van der Waals surface area contributed by atoms with Crippen LogP contribution < -0.4 is 5.32 Å². The molecule has 0 radical (unpaired) electrons. The molecule has 0 spiro atoms. The lowest BCUT2D eigenvalue weighted by Gasteiger charge is -2.13. The zero-order valence-electron chi connectivity index (χ0n) is 14.9. The van der Waals surface area contributed by atoms with Crippen LogP contribution in [0.2, 0.25) is 0 Å². The Morgan fingerprint density at radius 2 is 1.73 bits per heavy atom. The minimum Gasteiger partial charge on any atom is -0.396 e. The van der Waals surface area contributed by atoms with Gasteiger partial charge in [-0.3, -0.25) is 4.79 Å². The number of aryl methyl sites for hydroxylation is 1. The van der Waals surface area contributed by atoms with Crippen LogP contribution in [0.15, 0.2) is 54.9 Å². The van der Waals surface area contributed by atoms with E-state index in [1.165, 1.54) is 0 Å². The van der Waals surface area contributed by atoms with Gasteiger partial charge in [0.2, 0.25) is 0 Å². The van der Waals surface area contributed by atoms with Gasteiger partial charge in [0.15, 0.2) is 5.82 Å². The third-order valence-corrected chi connectivity index (χ3v) is 4.32. The van der Waals surface area contributed by atoms with Crippen LogP contribution >= 0.6 is 0 Å². The quantitative estimate of drug-likeness (QED) is 0.716. The van der Waals surface area contributed by atoms with Crippen molar-refractivity contribution < 1.29 is 9.90 Å². The molecule has 1 aromatic heterocycles. The number of aliphatic hydroxyl groups is 1. The Kier molecular flexibility index (Phi) is 5.43. The predicted molar refractivity (Wildman–Crippen MR) is 99.6 cm³/mol. The third kappa shape index (κ3) is 3.97. The van der Waals surface area contributed by atoms with Gasteiger partial charge in [-0.2, -0.15) is 0 Å². The van der Waals surface area contributed by atoms with E-state index in [2.05, 4.69) is 15.5 Å². The molecule has 0 bridgehead atoms. The van der Waals surface area contributed by atoms with Crippen molar-refractivity contribution in [1.82, 2.24) is 20.1 Å². The number of benzene rings is 2. The monoisotopic (exact) mass is 350 g/mol. The van der Waals surface area contributed by atoms with Gasteiger partial charge < -0.3 is 15.0 Å². The Bertz CT molecular complexity index is 870. The number of hydrogen-bond donors (Lipinski definition) is 2. The summed E-state index contributed by atoms with van der Waals surface area (Å²) in [5.74, 6) is 0.559. The predicted octanol–water partition coefficient (Wildman–Crippen LogP) is 2.51. The summed E-state index contributed by atoms with van der Waals surface area (Å²) in [4.78, 5) is 12.4. The summed E-state index contributed by atoms with van der Waals surface area (Å²) >= 11 is 0. The van der Waals surface area contributed by atoms with Gasteiger partial charge in [0, 0.05) is 19.2 Å². The van der Waals surface area contributed by atoms with Crippen LogP contribution in [0, 0.1) is 0 Å². The highest BCUT2D eigenvalue weighted by Gasteiger charge is 2.15. The van der Waals surface area contributed by atoms with E-state index in [-0.39, 0.29) is 18.6 Å². The lowest BCUT2D eigenvalue weighted by molar-refractivity contribution is 0.0938. The molecule has 0 aliphatic heterocycles. The number of nitrogens with one attached hydrogen (secondary N) is 1. The van der Waals surface area contributed by atoms with Crippen molar-refractivity contribution in [3.63, 3.8) is 0 Å². The SMILES string of the molecule is C[C@@H](NC(=O)c1ccc(-c2ccc(CCO)cc2)cc1)c1nncn1C. The second kappa shape index (κ2) is 7.93. The fourth-order valence-corrected chi connectivity index (χ4v) is 2.84. The molecule has 3 rings (SSSR count). The van der Waals surface area contributed by atoms with E-state index in [4.69, 9.17) is 5.11 Å². The van der Waals surface area contributed by atoms with Crippen LogP contribution in [0.5, 0.6) is 0 Å². The minimum absolute atomic E-state index is 0.148. The molecule has 2 aromatic carbocycles. The third-order valence-electron chi connectivity index (χ3n) is 4.32. The summed E-state index contributed by atoms with van der Waals surface area (Å²) in [6, 6.07) is 15.3. The van der Waals surface area contributed by atoms with E-state index in [1.807, 2.05) is 62.5 Å². The van der Waals surface area contributed by atoms with Gasteiger partial charge in [-0.1, -0.05) is 36.4 Å². The van der Waals surface area contributed by atoms with E-state index in [9.17, 15) is 4.79 Å². The maximum atomic E-state index is 12.4. The van der Waals surface area contributed by atoms with Gasteiger partial charge >= 0.3 is 0 Å². The van der Waals surface area contributed by atoms with Crippen LogP contribution in [-0.4, -0.2) is 32.4 Å². The lowest BCUT2D eigenvalue weighted by Crippen LogP contribution is -2.28. The summed E-state index contributed by atoms with van der Waals surface area (Å²) in [6.45, 7) is 2.03. The van der Waals surface area contributed by atoms with E-state index < -0.39 is 0 Å². The zero-order chi connectivity index (χ0) is 18.5. The number of rotatable bonds is 6. The first-order valence-electron chi connectivity index (χ1n) is 8.53. The molecule has 6 heteroatoms. The van der Waals surface area contributed by atoms with Crippen LogP contribution in [0.3, 0.4) is 0 Å². The van der Waals surface area contributed by atoms with Gasteiger partial charge in [-0.15, -0.1) is 10.2 Å².